The summed E-state index contributed by atoms with van der Waals surface area (Å²) < 4.78 is 28.0. The second kappa shape index (κ2) is 10.1. The first-order chi connectivity index (χ1) is 12.5. The smallest absolute Gasteiger partial charge is 0.241 e. The van der Waals surface area contributed by atoms with E-state index in [1.54, 1.807) is 45.9 Å². The number of nitrogens with one attached hydrogen (secondary N) is 3. The van der Waals surface area contributed by atoms with E-state index in [-0.39, 0.29) is 23.2 Å². The number of halogens is 1. The number of hydrogen-bond donors (Lipinski definition) is 3. The van der Waals surface area contributed by atoms with E-state index in [1.807, 2.05) is 0 Å². The Kier molecular flexibility index (Phi) is 8.93. The normalized spacial score (nSPS) is 16.9. The summed E-state index contributed by atoms with van der Waals surface area (Å²) in [6.45, 7) is 11.3. The Balaban J connectivity index is 0.00000392. The number of benzene rings is 1. The van der Waals surface area contributed by atoms with Gasteiger partial charge in [-0.05, 0) is 83.2 Å². The van der Waals surface area contributed by atoms with E-state index in [2.05, 4.69) is 22.3 Å². The number of carbonyl (C=O) groups is 1. The van der Waals surface area contributed by atoms with Crippen molar-refractivity contribution in [1.29, 1.82) is 0 Å². The topological polar surface area (TPSA) is 87.3 Å². The SMILES string of the molecule is Cc1c(NC(=O)CC(C)C2CCNCC2)cccc1S(=O)(=O)NC(C)(C)C.Cl. The molecular formula is C20H34ClN3O3S. The molecule has 1 unspecified atom stereocenters. The van der Waals surface area contributed by atoms with Crippen molar-refractivity contribution >= 4 is 34.0 Å². The first-order valence-electron chi connectivity index (χ1n) is 9.64. The Hall–Kier alpha value is -1.15. The molecule has 1 aromatic rings. The van der Waals surface area contributed by atoms with E-state index in [0.29, 0.717) is 29.5 Å². The highest BCUT2D eigenvalue weighted by atomic mass is 35.5. The molecule has 8 heteroatoms. The highest BCUT2D eigenvalue weighted by Crippen LogP contribution is 2.27. The van der Waals surface area contributed by atoms with Gasteiger partial charge in [0.2, 0.25) is 15.9 Å². The highest BCUT2D eigenvalue weighted by molar-refractivity contribution is 7.89. The lowest BCUT2D eigenvalue weighted by atomic mass is 9.84. The van der Waals surface area contributed by atoms with E-state index >= 15 is 0 Å². The molecule has 160 valence electrons. The molecule has 1 aliphatic rings. The molecule has 0 radical (unpaired) electrons. The monoisotopic (exact) mass is 431 g/mol. The van der Waals surface area contributed by atoms with E-state index < -0.39 is 15.6 Å². The zero-order valence-corrected chi connectivity index (χ0v) is 19.1. The predicted molar refractivity (Wildman–Crippen MR) is 117 cm³/mol. The zero-order chi connectivity index (χ0) is 20.2. The van der Waals surface area contributed by atoms with E-state index in [9.17, 15) is 13.2 Å². The highest BCUT2D eigenvalue weighted by Gasteiger charge is 2.25. The molecule has 0 aromatic heterocycles. The number of piperidine rings is 1. The zero-order valence-electron chi connectivity index (χ0n) is 17.5. The van der Waals surface area contributed by atoms with Gasteiger partial charge in [0.1, 0.15) is 0 Å². The Bertz CT molecular complexity index is 769. The van der Waals surface area contributed by atoms with Gasteiger partial charge in [-0.1, -0.05) is 13.0 Å². The molecular weight excluding hydrogens is 398 g/mol. The first-order valence-corrected chi connectivity index (χ1v) is 11.1. The maximum atomic E-state index is 12.7. The van der Waals surface area contributed by atoms with E-state index in [1.165, 1.54) is 0 Å². The van der Waals surface area contributed by atoms with Gasteiger partial charge in [-0.15, -0.1) is 12.4 Å². The molecule has 1 atom stereocenters. The van der Waals surface area contributed by atoms with Crippen LogP contribution in [0, 0.1) is 18.8 Å². The van der Waals surface area contributed by atoms with Crippen LogP contribution in [0.5, 0.6) is 0 Å². The number of hydrogen-bond acceptors (Lipinski definition) is 4. The summed E-state index contributed by atoms with van der Waals surface area (Å²) in [4.78, 5) is 12.7. The van der Waals surface area contributed by atoms with Crippen LogP contribution in [0.2, 0.25) is 0 Å². The van der Waals surface area contributed by atoms with Gasteiger partial charge in [0.15, 0.2) is 0 Å². The second-order valence-corrected chi connectivity index (χ2v) is 10.3. The first kappa shape index (κ1) is 24.9. The van der Waals surface area contributed by atoms with Crippen LogP contribution in [0.15, 0.2) is 23.1 Å². The van der Waals surface area contributed by atoms with E-state index in [0.717, 1.165) is 25.9 Å². The van der Waals surface area contributed by atoms with Crippen molar-refractivity contribution < 1.29 is 13.2 Å². The van der Waals surface area contributed by atoms with Crippen LogP contribution < -0.4 is 15.4 Å². The van der Waals surface area contributed by atoms with Crippen LogP contribution >= 0.6 is 12.4 Å². The predicted octanol–water partition coefficient (Wildman–Crippen LogP) is 3.46. The molecule has 1 heterocycles. The molecule has 1 saturated heterocycles. The molecule has 1 aromatic carbocycles. The van der Waals surface area contributed by atoms with Crippen molar-refractivity contribution in [3.63, 3.8) is 0 Å². The lowest BCUT2D eigenvalue weighted by molar-refractivity contribution is -0.117. The van der Waals surface area contributed by atoms with Crippen LogP contribution in [-0.2, 0) is 14.8 Å². The fourth-order valence-corrected chi connectivity index (χ4v) is 5.26. The van der Waals surface area contributed by atoms with Crippen LogP contribution in [0.3, 0.4) is 0 Å². The third-order valence-corrected chi connectivity index (χ3v) is 6.89. The van der Waals surface area contributed by atoms with Crippen molar-refractivity contribution in [3.8, 4) is 0 Å². The average molecular weight is 432 g/mol. The third-order valence-electron chi connectivity index (χ3n) is 4.98. The quantitative estimate of drug-likeness (QED) is 0.643. The maximum absolute atomic E-state index is 12.7. The van der Waals surface area contributed by atoms with Gasteiger partial charge >= 0.3 is 0 Å². The molecule has 1 fully saturated rings. The molecule has 3 N–H and O–H groups in total. The van der Waals surface area contributed by atoms with Gasteiger partial charge in [0, 0.05) is 17.6 Å². The molecule has 1 aliphatic heterocycles. The number of rotatable bonds is 6. The summed E-state index contributed by atoms with van der Waals surface area (Å²) >= 11 is 0. The van der Waals surface area contributed by atoms with Gasteiger partial charge in [-0.2, -0.15) is 0 Å². The van der Waals surface area contributed by atoms with Gasteiger partial charge in [-0.3, -0.25) is 4.79 Å². The summed E-state index contributed by atoms with van der Waals surface area (Å²) in [7, 11) is -3.66. The van der Waals surface area contributed by atoms with Crippen LogP contribution in [0.25, 0.3) is 0 Å². The Morgan fingerprint density at radius 2 is 1.86 bits per heavy atom. The summed E-state index contributed by atoms with van der Waals surface area (Å²) in [6.07, 6.45) is 2.64. The fraction of sp³-hybridized carbons (Fsp3) is 0.650. The van der Waals surface area contributed by atoms with Crippen molar-refractivity contribution in [2.75, 3.05) is 18.4 Å². The maximum Gasteiger partial charge on any atom is 0.241 e. The molecule has 0 bridgehead atoms. The largest absolute Gasteiger partial charge is 0.326 e. The van der Waals surface area contributed by atoms with Crippen molar-refractivity contribution in [3.05, 3.63) is 23.8 Å². The Morgan fingerprint density at radius 3 is 2.43 bits per heavy atom. The summed E-state index contributed by atoms with van der Waals surface area (Å²) in [6, 6.07) is 4.98. The van der Waals surface area contributed by atoms with Crippen LogP contribution in [-0.4, -0.2) is 33.0 Å². The van der Waals surface area contributed by atoms with Crippen molar-refractivity contribution in [2.45, 2.75) is 64.3 Å². The lowest BCUT2D eigenvalue weighted by Crippen LogP contribution is -2.40. The third kappa shape index (κ3) is 7.03. The molecule has 28 heavy (non-hydrogen) atoms. The summed E-state index contributed by atoms with van der Waals surface area (Å²) in [5.74, 6) is 0.796. The Morgan fingerprint density at radius 1 is 1.25 bits per heavy atom. The Labute approximate surface area is 175 Å². The van der Waals surface area contributed by atoms with Gasteiger partial charge < -0.3 is 10.6 Å². The number of carbonyl (C=O) groups excluding carboxylic acids is 1. The lowest BCUT2D eigenvalue weighted by Gasteiger charge is -2.28. The molecule has 0 aliphatic carbocycles. The minimum atomic E-state index is -3.66. The summed E-state index contributed by atoms with van der Waals surface area (Å²) in [5, 5.41) is 6.25. The minimum Gasteiger partial charge on any atom is -0.326 e. The van der Waals surface area contributed by atoms with Crippen LogP contribution in [0.4, 0.5) is 5.69 Å². The average Bonchev–Trinajstić information content (AvgIpc) is 2.55. The molecule has 6 nitrogen and oxygen atoms in total. The second-order valence-electron chi connectivity index (χ2n) is 8.60. The van der Waals surface area contributed by atoms with Gasteiger partial charge in [0.05, 0.1) is 4.90 Å². The van der Waals surface area contributed by atoms with Gasteiger partial charge in [-0.25, -0.2) is 13.1 Å². The number of sulfonamides is 1. The van der Waals surface area contributed by atoms with Crippen molar-refractivity contribution in [2.24, 2.45) is 11.8 Å². The number of anilines is 1. The van der Waals surface area contributed by atoms with Gasteiger partial charge in [0.25, 0.3) is 0 Å². The standard InChI is InChI=1S/C20H33N3O3S.ClH/c1-14(16-9-11-21-12-10-16)13-19(24)22-17-7-6-8-18(15(17)2)27(25,26)23-20(3,4)5;/h6-8,14,16,21,23H,9-13H2,1-5H3,(H,22,24);1H. The van der Waals surface area contributed by atoms with Crippen molar-refractivity contribution in [1.82, 2.24) is 10.0 Å². The number of amides is 1. The van der Waals surface area contributed by atoms with Crippen LogP contribution in [0.1, 0.15) is 52.5 Å². The van der Waals surface area contributed by atoms with E-state index in [4.69, 9.17) is 0 Å². The minimum absolute atomic E-state index is 0. The molecule has 0 saturated carbocycles. The fourth-order valence-electron chi connectivity index (χ4n) is 3.57. The summed E-state index contributed by atoms with van der Waals surface area (Å²) in [5.41, 5.74) is 0.529. The molecule has 0 spiro atoms. The molecule has 1 amide bonds. The molecule has 2 rings (SSSR count).